The second-order valence-electron chi connectivity index (χ2n) is 13.3. The zero-order chi connectivity index (χ0) is 35.1. The fourth-order valence-electron chi connectivity index (χ4n) is 6.10. The van der Waals surface area contributed by atoms with Gasteiger partial charge < -0.3 is 29.0 Å². The number of nitrogens with one attached hydrogen (secondary N) is 1. The van der Waals surface area contributed by atoms with Crippen LogP contribution < -0.4 is 18.9 Å². The molecule has 0 spiro atoms. The fourth-order valence-corrected chi connectivity index (χ4v) is 7.15. The van der Waals surface area contributed by atoms with E-state index in [1.54, 1.807) is 48.2 Å². The highest BCUT2D eigenvalue weighted by atomic mass is 32.2. The van der Waals surface area contributed by atoms with Crippen molar-refractivity contribution in [2.75, 3.05) is 44.9 Å². The molecule has 12 heteroatoms. The molecule has 0 bridgehead atoms. The number of benzene rings is 3. The lowest BCUT2D eigenvalue weighted by molar-refractivity contribution is -0.0177. The number of anilines is 1. The van der Waals surface area contributed by atoms with Crippen molar-refractivity contribution in [1.29, 1.82) is 0 Å². The summed E-state index contributed by atoms with van der Waals surface area (Å²) in [6, 6.07) is 16.8. The van der Waals surface area contributed by atoms with Crippen molar-refractivity contribution in [3.05, 3.63) is 77.4 Å². The fraction of sp³-hybridized carbons (Fsp3) is 0.486. The second kappa shape index (κ2) is 16.2. The molecule has 2 aliphatic rings. The van der Waals surface area contributed by atoms with E-state index in [-0.39, 0.29) is 53.6 Å². The number of ether oxygens (including phenoxy) is 4. The van der Waals surface area contributed by atoms with Crippen LogP contribution in [-0.2, 0) is 21.3 Å². The Hall–Kier alpha value is -3.84. The van der Waals surface area contributed by atoms with Crippen LogP contribution in [0.25, 0.3) is 0 Å². The van der Waals surface area contributed by atoms with Crippen molar-refractivity contribution in [3.63, 3.8) is 0 Å². The van der Waals surface area contributed by atoms with E-state index in [1.165, 1.54) is 6.07 Å². The summed E-state index contributed by atoms with van der Waals surface area (Å²) in [5, 5.41) is 10.3. The molecule has 2 heterocycles. The minimum Gasteiger partial charge on any atom is -0.490 e. The maximum atomic E-state index is 14.4. The van der Waals surface area contributed by atoms with Crippen LogP contribution in [0, 0.1) is 12.8 Å². The minimum atomic E-state index is -3.91. The molecule has 1 amide bonds. The summed E-state index contributed by atoms with van der Waals surface area (Å²) in [5.41, 5.74) is 2.49. The molecule has 0 unspecified atom stereocenters. The van der Waals surface area contributed by atoms with Gasteiger partial charge in [-0.2, -0.15) is 0 Å². The summed E-state index contributed by atoms with van der Waals surface area (Å²) in [7, 11) is -1.87. The van der Waals surface area contributed by atoms with Gasteiger partial charge >= 0.3 is 0 Å². The maximum Gasteiger partial charge on any atom is 0.261 e. The predicted molar refractivity (Wildman–Crippen MR) is 188 cm³/mol. The number of carbonyl (C=O) groups is 1. The number of sulfonamides is 1. The van der Waals surface area contributed by atoms with Crippen LogP contribution in [-0.4, -0.2) is 87.6 Å². The molecule has 2 N–H and O–H groups in total. The number of nitrogens with zero attached hydrogens (tertiary/aromatic N) is 2. The van der Waals surface area contributed by atoms with Gasteiger partial charge in [0.05, 0.1) is 35.3 Å². The maximum absolute atomic E-state index is 14.4. The van der Waals surface area contributed by atoms with Gasteiger partial charge in [0.1, 0.15) is 5.75 Å². The number of rotatable bonds is 9. The van der Waals surface area contributed by atoms with E-state index >= 15 is 0 Å². The Morgan fingerprint density at radius 2 is 1.73 bits per heavy atom. The zero-order valence-electron chi connectivity index (χ0n) is 29.1. The van der Waals surface area contributed by atoms with Crippen LogP contribution in [0.4, 0.5) is 5.69 Å². The van der Waals surface area contributed by atoms with Crippen molar-refractivity contribution in [3.8, 4) is 17.2 Å². The van der Waals surface area contributed by atoms with E-state index in [0.29, 0.717) is 32.0 Å². The first-order valence-corrected chi connectivity index (χ1v) is 18.4. The molecule has 3 aromatic rings. The average Bonchev–Trinajstić information content (AvgIpc) is 3.54. The molecule has 49 heavy (non-hydrogen) atoms. The molecule has 0 aliphatic carbocycles. The quantitative estimate of drug-likeness (QED) is 0.301. The Morgan fingerprint density at radius 1 is 1.00 bits per heavy atom. The number of aliphatic hydroxyl groups excluding tert-OH is 1. The van der Waals surface area contributed by atoms with Crippen molar-refractivity contribution >= 4 is 21.6 Å². The number of amides is 1. The highest BCUT2D eigenvalue weighted by Crippen LogP contribution is 2.33. The molecule has 5 rings (SSSR count). The van der Waals surface area contributed by atoms with E-state index in [0.717, 1.165) is 41.9 Å². The molecule has 0 aromatic heterocycles. The zero-order valence-corrected chi connectivity index (χ0v) is 29.9. The number of carbonyl (C=O) groups excluding carboxylic acids is 1. The van der Waals surface area contributed by atoms with Gasteiger partial charge in [0.15, 0.2) is 11.5 Å². The summed E-state index contributed by atoms with van der Waals surface area (Å²) in [6.07, 6.45) is 2.07. The Kier molecular flexibility index (Phi) is 12.1. The van der Waals surface area contributed by atoms with Gasteiger partial charge in [0, 0.05) is 37.8 Å². The summed E-state index contributed by atoms with van der Waals surface area (Å²) >= 11 is 0. The van der Waals surface area contributed by atoms with Crippen LogP contribution in [0.2, 0.25) is 0 Å². The van der Waals surface area contributed by atoms with Gasteiger partial charge in [0.25, 0.3) is 15.9 Å². The lowest BCUT2D eigenvalue weighted by Crippen LogP contribution is -2.47. The molecule has 4 atom stereocenters. The van der Waals surface area contributed by atoms with Gasteiger partial charge in [-0.25, -0.2) is 8.42 Å². The molecule has 0 saturated carbocycles. The molecule has 0 fully saturated rings. The Balaban J connectivity index is 1.40. The van der Waals surface area contributed by atoms with Gasteiger partial charge in [-0.05, 0) is 95.1 Å². The van der Waals surface area contributed by atoms with Crippen LogP contribution >= 0.6 is 0 Å². The van der Waals surface area contributed by atoms with Crippen molar-refractivity contribution < 1.29 is 37.3 Å². The van der Waals surface area contributed by atoms with Gasteiger partial charge in [0.2, 0.25) is 6.79 Å². The normalized spacial score (nSPS) is 21.1. The lowest BCUT2D eigenvalue weighted by Gasteiger charge is -2.36. The van der Waals surface area contributed by atoms with E-state index in [1.807, 2.05) is 39.1 Å². The van der Waals surface area contributed by atoms with E-state index < -0.39 is 16.1 Å². The number of hydrogen-bond acceptors (Lipinski definition) is 9. The number of hydrogen-bond donors (Lipinski definition) is 2. The monoisotopic (exact) mass is 695 g/mol. The first-order valence-electron chi connectivity index (χ1n) is 16.9. The first kappa shape index (κ1) is 36.4. The Bertz CT molecular complexity index is 1680. The number of likely N-dealkylation sites (N-methyl/N-ethyl adjacent to an activating group) is 1. The molecule has 0 radical (unpaired) electrons. The average molecular weight is 696 g/mol. The topological polar surface area (TPSA) is 127 Å². The van der Waals surface area contributed by atoms with Crippen molar-refractivity contribution in [2.45, 2.75) is 76.6 Å². The molecule has 2 aliphatic heterocycles. The van der Waals surface area contributed by atoms with Gasteiger partial charge in [-0.15, -0.1) is 0 Å². The summed E-state index contributed by atoms with van der Waals surface area (Å²) in [6.45, 7) is 9.83. The number of aliphatic hydroxyl groups is 1. The third kappa shape index (κ3) is 9.45. The van der Waals surface area contributed by atoms with E-state index in [9.17, 15) is 18.3 Å². The second-order valence-corrected chi connectivity index (χ2v) is 15.0. The molecular formula is C37H49N3O8S. The number of aryl methyl sites for hydroxylation is 1. The van der Waals surface area contributed by atoms with Crippen LogP contribution in [0.3, 0.4) is 0 Å². The van der Waals surface area contributed by atoms with Crippen molar-refractivity contribution in [2.24, 2.45) is 5.92 Å². The largest absolute Gasteiger partial charge is 0.490 e. The SMILES string of the molecule is Cc1ccc(S(=O)(=O)Nc2ccc3c(c2)C(=O)N([C@H](C)CO)C[C@@H](C)[C@@H](CN(C)Cc2ccc4c(c2)OCO4)OCCCC[C@@H](C)O3)cc1. The summed E-state index contributed by atoms with van der Waals surface area (Å²) < 4.78 is 52.9. The van der Waals surface area contributed by atoms with Gasteiger partial charge in [-0.1, -0.05) is 30.7 Å². The molecule has 0 saturated heterocycles. The summed E-state index contributed by atoms with van der Waals surface area (Å²) in [5.74, 6) is 1.38. The standard InChI is InChI=1S/C37H49N3O8S/c1-25-9-13-31(14-10-25)49(43,44)38-30-12-16-33-32(19-30)37(42)40(27(3)23-41)20-26(2)36(45-17-7-6-8-28(4)48-33)22-39(5)21-29-11-15-34-35(18-29)47-24-46-34/h9-16,18-19,26-28,36,38,41H,6-8,17,20-24H2,1-5H3/t26-,27-,28-,36-/m1/s1. The third-order valence-corrected chi connectivity index (χ3v) is 10.4. The lowest BCUT2D eigenvalue weighted by atomic mass is 10.0. The molecular weight excluding hydrogens is 646 g/mol. The molecule has 11 nitrogen and oxygen atoms in total. The van der Waals surface area contributed by atoms with Crippen LogP contribution in [0.1, 0.15) is 61.5 Å². The van der Waals surface area contributed by atoms with E-state index in [4.69, 9.17) is 18.9 Å². The van der Waals surface area contributed by atoms with Gasteiger partial charge in [-0.3, -0.25) is 14.4 Å². The summed E-state index contributed by atoms with van der Waals surface area (Å²) in [4.78, 5) is 18.4. The first-order chi connectivity index (χ1) is 23.4. The van der Waals surface area contributed by atoms with Crippen molar-refractivity contribution in [1.82, 2.24) is 9.80 Å². The Morgan fingerprint density at radius 3 is 2.49 bits per heavy atom. The molecule has 3 aromatic carbocycles. The smallest absolute Gasteiger partial charge is 0.261 e. The highest BCUT2D eigenvalue weighted by molar-refractivity contribution is 7.92. The highest BCUT2D eigenvalue weighted by Gasteiger charge is 2.31. The van der Waals surface area contributed by atoms with E-state index in [2.05, 4.69) is 16.5 Å². The van der Waals surface area contributed by atoms with Crippen LogP contribution in [0.5, 0.6) is 17.2 Å². The predicted octanol–water partition coefficient (Wildman–Crippen LogP) is 5.45. The molecule has 266 valence electrons. The minimum absolute atomic E-state index is 0.105. The number of fused-ring (bicyclic) bond motifs is 2. The Labute approximate surface area is 290 Å². The van der Waals surface area contributed by atoms with Crippen LogP contribution in [0.15, 0.2) is 65.6 Å². The third-order valence-electron chi connectivity index (χ3n) is 9.02.